The molecule has 0 bridgehead atoms. The number of benzene rings is 1. The summed E-state index contributed by atoms with van der Waals surface area (Å²) in [5, 5.41) is 0. The molecule has 1 fully saturated rings. The Labute approximate surface area is 184 Å². The smallest absolute Gasteiger partial charge is 0.410 e. The number of carbonyl (C=O) groups excluding carboxylic acids is 3. The molecule has 0 radical (unpaired) electrons. The van der Waals surface area contributed by atoms with E-state index in [4.69, 9.17) is 9.47 Å². The first kappa shape index (κ1) is 23.1. The van der Waals surface area contributed by atoms with Crippen molar-refractivity contribution in [2.75, 3.05) is 26.7 Å². The van der Waals surface area contributed by atoms with Gasteiger partial charge in [0.1, 0.15) is 5.60 Å². The van der Waals surface area contributed by atoms with E-state index in [1.807, 2.05) is 32.9 Å². The van der Waals surface area contributed by atoms with Gasteiger partial charge in [-0.3, -0.25) is 9.59 Å². The first-order valence-corrected chi connectivity index (χ1v) is 11.1. The van der Waals surface area contributed by atoms with Crippen LogP contribution in [0.4, 0.5) is 4.79 Å². The van der Waals surface area contributed by atoms with E-state index in [0.717, 1.165) is 19.3 Å². The Kier molecular flexibility index (Phi) is 7.23. The molecule has 3 rings (SSSR count). The van der Waals surface area contributed by atoms with Gasteiger partial charge in [-0.1, -0.05) is 24.3 Å². The second-order valence-corrected chi connectivity index (χ2v) is 9.46. The largest absolute Gasteiger partial charge is 0.455 e. The fourth-order valence-electron chi connectivity index (χ4n) is 4.28. The van der Waals surface area contributed by atoms with Crippen molar-refractivity contribution in [2.45, 2.75) is 64.5 Å². The molecule has 0 unspecified atom stereocenters. The molecule has 1 aliphatic heterocycles. The highest BCUT2D eigenvalue weighted by Crippen LogP contribution is 2.33. The first-order chi connectivity index (χ1) is 14.7. The van der Waals surface area contributed by atoms with Crippen LogP contribution in [0, 0.1) is 5.92 Å². The first-order valence-electron chi connectivity index (χ1n) is 11.1. The molecule has 0 spiro atoms. The number of likely N-dealkylation sites (N-methyl/N-ethyl adjacent to an activating group) is 1. The quantitative estimate of drug-likeness (QED) is 0.681. The van der Waals surface area contributed by atoms with Crippen LogP contribution in [0.3, 0.4) is 0 Å². The van der Waals surface area contributed by atoms with Crippen molar-refractivity contribution in [3.05, 3.63) is 35.4 Å². The van der Waals surface area contributed by atoms with Crippen molar-refractivity contribution < 1.29 is 23.9 Å². The molecule has 0 aromatic heterocycles. The molecule has 0 saturated carbocycles. The number of fused-ring (bicyclic) bond motifs is 1. The fraction of sp³-hybridized carbons (Fsp3) is 0.625. The third kappa shape index (κ3) is 5.99. The summed E-state index contributed by atoms with van der Waals surface area (Å²) >= 11 is 0. The Morgan fingerprint density at radius 2 is 1.77 bits per heavy atom. The van der Waals surface area contributed by atoms with Crippen molar-refractivity contribution in [3.8, 4) is 0 Å². The fourth-order valence-corrected chi connectivity index (χ4v) is 4.28. The molecule has 1 heterocycles. The van der Waals surface area contributed by atoms with E-state index in [-0.39, 0.29) is 36.5 Å². The van der Waals surface area contributed by atoms with Crippen LogP contribution in [0.1, 0.15) is 63.6 Å². The molecule has 1 saturated heterocycles. The lowest BCUT2D eigenvalue weighted by Crippen LogP contribution is -2.43. The molecular formula is C24H34N2O5. The molecule has 1 aromatic rings. The van der Waals surface area contributed by atoms with Crippen molar-refractivity contribution in [2.24, 2.45) is 5.92 Å². The van der Waals surface area contributed by atoms with Gasteiger partial charge in [0, 0.05) is 20.1 Å². The molecule has 31 heavy (non-hydrogen) atoms. The number of amides is 2. The van der Waals surface area contributed by atoms with E-state index >= 15 is 0 Å². The zero-order chi connectivity index (χ0) is 22.6. The molecule has 1 aromatic carbocycles. The lowest BCUT2D eigenvalue weighted by Gasteiger charge is -2.34. The number of rotatable bonds is 4. The summed E-state index contributed by atoms with van der Waals surface area (Å²) in [6.07, 6.45) is 3.65. The lowest BCUT2D eigenvalue weighted by atomic mass is 9.87. The van der Waals surface area contributed by atoms with E-state index in [9.17, 15) is 14.4 Å². The molecular weight excluding hydrogens is 396 g/mol. The molecule has 170 valence electrons. The van der Waals surface area contributed by atoms with Gasteiger partial charge in [-0.2, -0.15) is 0 Å². The highest BCUT2D eigenvalue weighted by atomic mass is 16.6. The van der Waals surface area contributed by atoms with Gasteiger partial charge in [0.15, 0.2) is 6.61 Å². The second-order valence-electron chi connectivity index (χ2n) is 9.46. The summed E-state index contributed by atoms with van der Waals surface area (Å²) in [5.41, 5.74) is 1.93. The Hall–Kier alpha value is -2.57. The predicted molar refractivity (Wildman–Crippen MR) is 116 cm³/mol. The average Bonchev–Trinajstić information content (AvgIpc) is 2.75. The van der Waals surface area contributed by atoms with Gasteiger partial charge in [-0.25, -0.2) is 4.79 Å². The normalized spacial score (nSPS) is 19.4. The van der Waals surface area contributed by atoms with E-state index in [0.29, 0.717) is 25.9 Å². The van der Waals surface area contributed by atoms with Crippen LogP contribution in [-0.4, -0.2) is 60.1 Å². The maximum Gasteiger partial charge on any atom is 0.410 e. The van der Waals surface area contributed by atoms with Crippen LogP contribution in [0.2, 0.25) is 0 Å². The number of hydrogen-bond acceptors (Lipinski definition) is 5. The maximum absolute atomic E-state index is 12.7. The van der Waals surface area contributed by atoms with Gasteiger partial charge in [0.05, 0.1) is 12.0 Å². The van der Waals surface area contributed by atoms with Crippen LogP contribution in [0.25, 0.3) is 0 Å². The summed E-state index contributed by atoms with van der Waals surface area (Å²) in [6, 6.07) is 8.24. The predicted octanol–water partition coefficient (Wildman–Crippen LogP) is 3.71. The summed E-state index contributed by atoms with van der Waals surface area (Å²) < 4.78 is 10.7. The number of aryl methyl sites for hydroxylation is 1. The standard InChI is InChI=1S/C24H34N2O5/c1-24(2,3)31-23(29)26-14-12-18(13-15-26)22(28)30-16-21(27)25(4)20-11-7-9-17-8-5-6-10-19(17)20/h5-6,8,10,18,20H,7,9,11-16H2,1-4H3/t20-/m1/s1. The Balaban J connectivity index is 1.46. The third-order valence-corrected chi connectivity index (χ3v) is 6.02. The molecule has 2 amide bonds. The van der Waals surface area contributed by atoms with Crippen LogP contribution >= 0.6 is 0 Å². The number of carbonyl (C=O) groups is 3. The molecule has 1 aliphatic carbocycles. The topological polar surface area (TPSA) is 76.2 Å². The average molecular weight is 431 g/mol. The number of hydrogen-bond donors (Lipinski definition) is 0. The van der Waals surface area contributed by atoms with Gasteiger partial charge in [-0.05, 0) is 64.0 Å². The summed E-state index contributed by atoms with van der Waals surface area (Å²) in [7, 11) is 1.78. The molecule has 0 N–H and O–H groups in total. The molecule has 7 nitrogen and oxygen atoms in total. The van der Waals surface area contributed by atoms with Crippen molar-refractivity contribution in [1.82, 2.24) is 9.80 Å². The number of piperidine rings is 1. The SMILES string of the molecule is CN(C(=O)COC(=O)C1CCN(C(=O)OC(C)(C)C)CC1)[C@@H]1CCCc2ccccc21. The van der Waals surface area contributed by atoms with Crippen molar-refractivity contribution in [1.29, 1.82) is 0 Å². The maximum atomic E-state index is 12.7. The zero-order valence-corrected chi connectivity index (χ0v) is 19.1. The minimum Gasteiger partial charge on any atom is -0.455 e. The Morgan fingerprint density at radius 1 is 1.10 bits per heavy atom. The minimum atomic E-state index is -0.544. The summed E-state index contributed by atoms with van der Waals surface area (Å²) in [4.78, 5) is 40.7. The molecule has 7 heteroatoms. The number of likely N-dealkylation sites (tertiary alicyclic amines) is 1. The van der Waals surface area contributed by atoms with Gasteiger partial charge in [-0.15, -0.1) is 0 Å². The van der Waals surface area contributed by atoms with Crippen LogP contribution in [-0.2, 0) is 25.5 Å². The van der Waals surface area contributed by atoms with Crippen LogP contribution in [0.15, 0.2) is 24.3 Å². The van der Waals surface area contributed by atoms with Gasteiger partial charge in [0.2, 0.25) is 0 Å². The molecule has 2 aliphatic rings. The van der Waals surface area contributed by atoms with Gasteiger partial charge < -0.3 is 19.3 Å². The van der Waals surface area contributed by atoms with Gasteiger partial charge in [0.25, 0.3) is 5.91 Å². The number of nitrogens with zero attached hydrogens (tertiary/aromatic N) is 2. The van der Waals surface area contributed by atoms with Crippen LogP contribution in [0.5, 0.6) is 0 Å². The number of esters is 1. The van der Waals surface area contributed by atoms with E-state index in [2.05, 4.69) is 12.1 Å². The Morgan fingerprint density at radius 3 is 2.45 bits per heavy atom. The summed E-state index contributed by atoms with van der Waals surface area (Å²) in [5.74, 6) is -0.858. The summed E-state index contributed by atoms with van der Waals surface area (Å²) in [6.45, 7) is 6.13. The third-order valence-electron chi connectivity index (χ3n) is 6.02. The van der Waals surface area contributed by atoms with Gasteiger partial charge >= 0.3 is 12.1 Å². The van der Waals surface area contributed by atoms with Crippen molar-refractivity contribution in [3.63, 3.8) is 0 Å². The van der Waals surface area contributed by atoms with Crippen LogP contribution < -0.4 is 0 Å². The zero-order valence-electron chi connectivity index (χ0n) is 19.1. The minimum absolute atomic E-state index is 0.0215. The Bertz CT molecular complexity index is 808. The van der Waals surface area contributed by atoms with E-state index in [1.165, 1.54) is 11.1 Å². The second kappa shape index (κ2) is 9.71. The van der Waals surface area contributed by atoms with Crippen molar-refractivity contribution >= 4 is 18.0 Å². The van der Waals surface area contributed by atoms with E-state index in [1.54, 1.807) is 16.8 Å². The highest BCUT2D eigenvalue weighted by molar-refractivity contribution is 5.81. The van der Waals surface area contributed by atoms with E-state index < -0.39 is 5.60 Å². The molecule has 1 atom stereocenters. The monoisotopic (exact) mass is 430 g/mol. The highest BCUT2D eigenvalue weighted by Gasteiger charge is 2.32. The lowest BCUT2D eigenvalue weighted by molar-refractivity contribution is -0.157. The number of ether oxygens (including phenoxy) is 2.